The second-order valence-electron chi connectivity index (χ2n) is 2.73. The Hall–Kier alpha value is -0.160. The van der Waals surface area contributed by atoms with Crippen molar-refractivity contribution in [2.24, 2.45) is 0 Å². The van der Waals surface area contributed by atoms with Crippen LogP contribution in [0.4, 0.5) is 0 Å². The van der Waals surface area contributed by atoms with E-state index in [1.807, 2.05) is 0 Å². The van der Waals surface area contributed by atoms with Crippen molar-refractivity contribution in [1.29, 1.82) is 0 Å². The van der Waals surface area contributed by atoms with Crippen LogP contribution < -0.4 is 0 Å². The second-order valence-corrected chi connectivity index (χ2v) is 2.73. The van der Waals surface area contributed by atoms with Gasteiger partial charge < -0.3 is 19.7 Å². The molecule has 2 rings (SSSR count). The van der Waals surface area contributed by atoms with Crippen molar-refractivity contribution in [3.63, 3.8) is 0 Å². The number of ether oxygens (including phenoxy) is 2. The Kier molecular flexibility index (Phi) is 1.42. The molecule has 2 saturated heterocycles. The molecule has 0 aromatic heterocycles. The highest BCUT2D eigenvalue weighted by atomic mass is 16.6. The lowest BCUT2D eigenvalue weighted by molar-refractivity contribution is -0.126. The Bertz CT molecular complexity index is 138. The van der Waals surface area contributed by atoms with Crippen molar-refractivity contribution in [2.45, 2.75) is 24.4 Å². The van der Waals surface area contributed by atoms with Gasteiger partial charge in [-0.1, -0.05) is 0 Å². The largest absolute Gasteiger partial charge is 0.388 e. The van der Waals surface area contributed by atoms with E-state index in [4.69, 9.17) is 14.6 Å². The van der Waals surface area contributed by atoms with Crippen LogP contribution in [0.2, 0.25) is 0 Å². The number of hydrogen-bond acceptors (Lipinski definition) is 4. The standard InChI is InChI=1S/C6H10O4/c7-3-1-9-4-2-10-6(3)5(4)8/h3-8H,1-2H2/t3-,4+,5-,6+/m0/s1. The highest BCUT2D eigenvalue weighted by Gasteiger charge is 2.45. The van der Waals surface area contributed by atoms with Crippen LogP contribution in [0.15, 0.2) is 0 Å². The van der Waals surface area contributed by atoms with E-state index in [9.17, 15) is 5.11 Å². The smallest absolute Gasteiger partial charge is 0.114 e. The highest BCUT2D eigenvalue weighted by molar-refractivity contribution is 4.92. The van der Waals surface area contributed by atoms with Gasteiger partial charge >= 0.3 is 0 Å². The van der Waals surface area contributed by atoms with Crippen LogP contribution in [0.25, 0.3) is 0 Å². The Morgan fingerprint density at radius 3 is 2.60 bits per heavy atom. The highest BCUT2D eigenvalue weighted by Crippen LogP contribution is 2.25. The molecule has 4 atom stereocenters. The van der Waals surface area contributed by atoms with Crippen molar-refractivity contribution in [2.75, 3.05) is 13.2 Å². The summed E-state index contributed by atoms with van der Waals surface area (Å²) in [6, 6.07) is 0. The van der Waals surface area contributed by atoms with Gasteiger partial charge in [0.2, 0.25) is 0 Å². The van der Waals surface area contributed by atoms with Gasteiger partial charge in [0.1, 0.15) is 24.4 Å². The average molecular weight is 146 g/mol. The van der Waals surface area contributed by atoms with E-state index in [0.717, 1.165) is 0 Å². The fourth-order valence-corrected chi connectivity index (χ4v) is 1.42. The maximum Gasteiger partial charge on any atom is 0.114 e. The van der Waals surface area contributed by atoms with Crippen LogP contribution in [-0.2, 0) is 9.47 Å². The Morgan fingerprint density at radius 1 is 1.10 bits per heavy atom. The van der Waals surface area contributed by atoms with Crippen molar-refractivity contribution >= 4 is 0 Å². The van der Waals surface area contributed by atoms with E-state index in [2.05, 4.69) is 0 Å². The minimum atomic E-state index is -0.659. The Labute approximate surface area is 58.4 Å². The molecule has 0 spiro atoms. The first-order chi connectivity index (χ1) is 4.79. The molecular weight excluding hydrogens is 136 g/mol. The third kappa shape index (κ3) is 0.769. The lowest BCUT2D eigenvalue weighted by Crippen LogP contribution is -2.47. The van der Waals surface area contributed by atoms with Gasteiger partial charge in [-0.05, 0) is 0 Å². The zero-order chi connectivity index (χ0) is 7.14. The maximum absolute atomic E-state index is 9.27. The van der Waals surface area contributed by atoms with E-state index in [1.165, 1.54) is 0 Å². The summed E-state index contributed by atoms with van der Waals surface area (Å²) in [6.07, 6.45) is -1.93. The number of hydrogen-bond donors (Lipinski definition) is 2. The number of fused-ring (bicyclic) bond motifs is 2. The molecule has 0 radical (unpaired) electrons. The predicted octanol–water partition coefficient (Wildman–Crippen LogP) is -1.49. The summed E-state index contributed by atoms with van der Waals surface area (Å²) in [5.41, 5.74) is 0. The van der Waals surface area contributed by atoms with Gasteiger partial charge in [-0.2, -0.15) is 0 Å². The van der Waals surface area contributed by atoms with Crippen molar-refractivity contribution in [3.8, 4) is 0 Å². The van der Waals surface area contributed by atoms with Gasteiger partial charge in [0.15, 0.2) is 0 Å². The van der Waals surface area contributed by atoms with E-state index < -0.39 is 18.3 Å². The quantitative estimate of drug-likeness (QED) is 0.437. The molecule has 4 heteroatoms. The van der Waals surface area contributed by atoms with Gasteiger partial charge in [0, 0.05) is 0 Å². The van der Waals surface area contributed by atoms with Crippen molar-refractivity contribution < 1.29 is 19.7 Å². The number of aliphatic hydroxyl groups excluding tert-OH is 2. The molecular formula is C6H10O4. The van der Waals surface area contributed by atoms with E-state index in [-0.39, 0.29) is 12.7 Å². The summed E-state index contributed by atoms with van der Waals surface area (Å²) in [4.78, 5) is 0. The molecule has 10 heavy (non-hydrogen) atoms. The molecule has 0 aliphatic carbocycles. The Morgan fingerprint density at radius 2 is 1.90 bits per heavy atom. The molecule has 0 aromatic rings. The summed E-state index contributed by atoms with van der Waals surface area (Å²) >= 11 is 0. The van der Waals surface area contributed by atoms with Crippen LogP contribution in [0, 0.1) is 0 Å². The molecule has 2 fully saturated rings. The van der Waals surface area contributed by atoms with Crippen LogP contribution in [0.3, 0.4) is 0 Å². The second kappa shape index (κ2) is 2.17. The summed E-state index contributed by atoms with van der Waals surface area (Å²) in [5, 5.41) is 18.4. The minimum Gasteiger partial charge on any atom is -0.388 e. The summed E-state index contributed by atoms with van der Waals surface area (Å²) in [7, 11) is 0. The van der Waals surface area contributed by atoms with E-state index in [0.29, 0.717) is 6.61 Å². The number of aliphatic hydroxyl groups is 2. The van der Waals surface area contributed by atoms with Crippen LogP contribution in [0.5, 0.6) is 0 Å². The van der Waals surface area contributed by atoms with Gasteiger partial charge in [-0.15, -0.1) is 0 Å². The lowest BCUT2D eigenvalue weighted by atomic mass is 10.0. The fraction of sp³-hybridized carbons (Fsp3) is 1.00. The Balaban J connectivity index is 2.13. The molecule has 0 aromatic carbocycles. The SMILES string of the molecule is O[C@@H]1[C@@H]2OC[C@H]1OC[C@@H]2O. The number of rotatable bonds is 0. The van der Waals surface area contributed by atoms with Gasteiger partial charge in [0.25, 0.3) is 0 Å². The minimum absolute atomic E-state index is 0.214. The van der Waals surface area contributed by atoms with Gasteiger partial charge in [-0.3, -0.25) is 0 Å². The molecule has 0 saturated carbocycles. The first-order valence-electron chi connectivity index (χ1n) is 3.38. The molecule has 0 unspecified atom stereocenters. The molecule has 2 bridgehead atoms. The van der Waals surface area contributed by atoms with Crippen molar-refractivity contribution in [3.05, 3.63) is 0 Å². The first kappa shape index (κ1) is 6.54. The summed E-state index contributed by atoms with van der Waals surface area (Å²) in [6.45, 7) is 0.690. The third-order valence-electron chi connectivity index (χ3n) is 2.03. The lowest BCUT2D eigenvalue weighted by Gasteiger charge is -2.27. The normalized spacial score (nSPS) is 53.4. The third-order valence-corrected chi connectivity index (χ3v) is 2.03. The van der Waals surface area contributed by atoms with Gasteiger partial charge in [0.05, 0.1) is 13.2 Å². The molecule has 0 amide bonds. The topological polar surface area (TPSA) is 58.9 Å². The zero-order valence-corrected chi connectivity index (χ0v) is 5.43. The fourth-order valence-electron chi connectivity index (χ4n) is 1.42. The first-order valence-corrected chi connectivity index (χ1v) is 3.38. The summed E-state index contributed by atoms with van der Waals surface area (Å²) in [5.74, 6) is 0. The molecule has 2 aliphatic heterocycles. The van der Waals surface area contributed by atoms with Gasteiger partial charge in [-0.25, -0.2) is 0 Å². The van der Waals surface area contributed by atoms with E-state index >= 15 is 0 Å². The van der Waals surface area contributed by atoms with E-state index in [1.54, 1.807) is 0 Å². The molecule has 58 valence electrons. The van der Waals surface area contributed by atoms with Crippen LogP contribution in [0.1, 0.15) is 0 Å². The average Bonchev–Trinajstić information content (AvgIpc) is 2.13. The molecule has 4 nitrogen and oxygen atoms in total. The van der Waals surface area contributed by atoms with Crippen molar-refractivity contribution in [1.82, 2.24) is 0 Å². The molecule has 2 aliphatic rings. The van der Waals surface area contributed by atoms with Crippen LogP contribution >= 0.6 is 0 Å². The maximum atomic E-state index is 9.27. The molecule has 2 heterocycles. The predicted molar refractivity (Wildman–Crippen MR) is 31.5 cm³/mol. The van der Waals surface area contributed by atoms with Crippen LogP contribution in [-0.4, -0.2) is 47.8 Å². The monoisotopic (exact) mass is 146 g/mol. The molecule has 2 N–H and O–H groups in total. The summed E-state index contributed by atoms with van der Waals surface area (Å²) < 4.78 is 10.1. The zero-order valence-electron chi connectivity index (χ0n) is 5.43.